The largest absolute Gasteiger partial charge is 0.356 e. The molecule has 2 N–H and O–H groups in total. The third kappa shape index (κ3) is 4.94. The van der Waals surface area contributed by atoms with E-state index in [1.165, 1.54) is 12.1 Å². The predicted molar refractivity (Wildman–Crippen MR) is 98.3 cm³/mol. The quantitative estimate of drug-likeness (QED) is 0.342. The average Bonchev–Trinajstić information content (AvgIpc) is 3.23. The zero-order valence-corrected chi connectivity index (χ0v) is 15.2. The number of rotatable bonds is 7. The highest BCUT2D eigenvalue weighted by Gasteiger charge is 2.16. The van der Waals surface area contributed by atoms with Crippen LogP contribution in [-0.4, -0.2) is 40.1 Å². The van der Waals surface area contributed by atoms with Gasteiger partial charge in [-0.2, -0.15) is 0 Å². The van der Waals surface area contributed by atoms with Crippen molar-refractivity contribution < 1.29 is 4.39 Å². The summed E-state index contributed by atoms with van der Waals surface area (Å²) >= 11 is 1.72. The first-order valence-electron chi connectivity index (χ1n) is 8.50. The van der Waals surface area contributed by atoms with Gasteiger partial charge in [0.15, 0.2) is 11.8 Å². The Hall–Kier alpha value is -2.09. The molecule has 1 aromatic carbocycles. The second kappa shape index (κ2) is 8.84. The maximum atomic E-state index is 12.9. The second-order valence-corrected chi connectivity index (χ2v) is 6.96. The van der Waals surface area contributed by atoms with Crippen LogP contribution < -0.4 is 10.6 Å². The Morgan fingerprint density at radius 1 is 1.28 bits per heavy atom. The number of thioether (sulfide) groups is 1. The molecule has 1 aliphatic heterocycles. The van der Waals surface area contributed by atoms with Crippen LogP contribution >= 0.6 is 11.8 Å². The van der Waals surface area contributed by atoms with E-state index < -0.39 is 0 Å². The van der Waals surface area contributed by atoms with E-state index in [0.29, 0.717) is 6.54 Å². The van der Waals surface area contributed by atoms with E-state index in [-0.39, 0.29) is 5.82 Å². The summed E-state index contributed by atoms with van der Waals surface area (Å²) in [4.78, 5) is 5.32. The van der Waals surface area contributed by atoms with Crippen LogP contribution in [0.2, 0.25) is 0 Å². The van der Waals surface area contributed by atoms with Gasteiger partial charge < -0.3 is 15.2 Å². The number of nitrogens with one attached hydrogen (secondary N) is 2. The van der Waals surface area contributed by atoms with Gasteiger partial charge in [-0.3, -0.25) is 4.99 Å². The van der Waals surface area contributed by atoms with Crippen molar-refractivity contribution >= 4 is 17.7 Å². The molecule has 0 amide bonds. The van der Waals surface area contributed by atoms with Crippen LogP contribution in [0.4, 0.5) is 4.39 Å². The molecule has 2 aromatic rings. The SMILES string of the molecule is CN=C(NCCCSc1ccc(F)cc1)NCc1nnc2n1CCC2. The smallest absolute Gasteiger partial charge is 0.191 e. The second-order valence-electron chi connectivity index (χ2n) is 5.80. The number of halogens is 1. The van der Waals surface area contributed by atoms with Gasteiger partial charge in [0.1, 0.15) is 11.6 Å². The molecule has 134 valence electrons. The molecule has 0 atom stereocenters. The number of aromatic nitrogens is 3. The molecular weight excluding hydrogens is 339 g/mol. The van der Waals surface area contributed by atoms with Gasteiger partial charge in [0.05, 0.1) is 6.54 Å². The fourth-order valence-electron chi connectivity index (χ4n) is 2.72. The summed E-state index contributed by atoms with van der Waals surface area (Å²) in [7, 11) is 1.76. The van der Waals surface area contributed by atoms with Crippen molar-refractivity contribution in [2.45, 2.75) is 37.2 Å². The van der Waals surface area contributed by atoms with Crippen molar-refractivity contribution in [3.05, 3.63) is 41.7 Å². The number of benzene rings is 1. The van der Waals surface area contributed by atoms with E-state index in [2.05, 4.69) is 30.4 Å². The lowest BCUT2D eigenvalue weighted by Crippen LogP contribution is -2.38. The normalized spacial score (nSPS) is 13.8. The first-order chi connectivity index (χ1) is 12.3. The molecule has 8 heteroatoms. The first kappa shape index (κ1) is 17.7. The molecule has 2 heterocycles. The van der Waals surface area contributed by atoms with Gasteiger partial charge in [-0.25, -0.2) is 4.39 Å². The van der Waals surface area contributed by atoms with E-state index in [0.717, 1.165) is 60.6 Å². The Kier molecular flexibility index (Phi) is 6.27. The van der Waals surface area contributed by atoms with Crippen LogP contribution in [0, 0.1) is 5.82 Å². The molecule has 6 nitrogen and oxygen atoms in total. The third-order valence-electron chi connectivity index (χ3n) is 4.02. The lowest BCUT2D eigenvalue weighted by Gasteiger charge is -2.11. The van der Waals surface area contributed by atoms with E-state index >= 15 is 0 Å². The van der Waals surface area contributed by atoms with Crippen LogP contribution in [0.3, 0.4) is 0 Å². The number of hydrogen-bond acceptors (Lipinski definition) is 4. The summed E-state index contributed by atoms with van der Waals surface area (Å²) < 4.78 is 15.0. The fraction of sp³-hybridized carbons (Fsp3) is 0.471. The third-order valence-corrected chi connectivity index (χ3v) is 5.12. The predicted octanol–water partition coefficient (Wildman–Crippen LogP) is 2.21. The number of hydrogen-bond donors (Lipinski definition) is 2. The Morgan fingerprint density at radius 2 is 2.12 bits per heavy atom. The Morgan fingerprint density at radius 3 is 2.92 bits per heavy atom. The van der Waals surface area contributed by atoms with Crippen LogP contribution in [-0.2, 0) is 19.5 Å². The van der Waals surface area contributed by atoms with Crippen LogP contribution in [0.25, 0.3) is 0 Å². The first-order valence-corrected chi connectivity index (χ1v) is 9.48. The summed E-state index contributed by atoms with van der Waals surface area (Å²) in [5, 5.41) is 15.0. The maximum Gasteiger partial charge on any atom is 0.191 e. The zero-order chi connectivity index (χ0) is 17.5. The molecule has 1 aliphatic rings. The van der Waals surface area contributed by atoms with Crippen LogP contribution in [0.1, 0.15) is 24.5 Å². The van der Waals surface area contributed by atoms with Gasteiger partial charge in [0.25, 0.3) is 0 Å². The van der Waals surface area contributed by atoms with E-state index in [4.69, 9.17) is 0 Å². The lowest BCUT2D eigenvalue weighted by molar-refractivity contribution is 0.626. The van der Waals surface area contributed by atoms with E-state index in [1.54, 1.807) is 18.8 Å². The highest BCUT2D eigenvalue weighted by molar-refractivity contribution is 7.99. The molecule has 0 spiro atoms. The van der Waals surface area contributed by atoms with Crippen molar-refractivity contribution in [3.8, 4) is 0 Å². The van der Waals surface area contributed by atoms with Crippen LogP contribution in [0.15, 0.2) is 34.2 Å². The van der Waals surface area contributed by atoms with Gasteiger partial charge in [0, 0.05) is 31.5 Å². The molecular formula is C17H23FN6S. The van der Waals surface area contributed by atoms with Crippen LogP contribution in [0.5, 0.6) is 0 Å². The number of guanidine groups is 1. The molecule has 0 unspecified atom stereocenters. The fourth-order valence-corrected chi connectivity index (χ4v) is 3.58. The lowest BCUT2D eigenvalue weighted by atomic mass is 10.4. The Bertz CT molecular complexity index is 712. The minimum absolute atomic E-state index is 0.195. The average molecular weight is 362 g/mol. The van der Waals surface area contributed by atoms with Crippen molar-refractivity contribution in [2.24, 2.45) is 4.99 Å². The summed E-state index contributed by atoms with van der Waals surface area (Å²) in [6, 6.07) is 6.61. The molecule has 0 aliphatic carbocycles. The molecule has 3 rings (SSSR count). The van der Waals surface area contributed by atoms with Crippen molar-refractivity contribution in [1.29, 1.82) is 0 Å². The van der Waals surface area contributed by atoms with Gasteiger partial charge in [-0.1, -0.05) is 0 Å². The molecule has 0 saturated heterocycles. The summed E-state index contributed by atoms with van der Waals surface area (Å²) in [6.07, 6.45) is 3.16. The highest BCUT2D eigenvalue weighted by atomic mass is 32.2. The van der Waals surface area contributed by atoms with Crippen molar-refractivity contribution in [1.82, 2.24) is 25.4 Å². The standard InChI is InChI=1S/C17H23FN6S/c1-19-17(21-12-16-23-22-15-4-2-10-24(15)16)20-9-3-11-25-14-7-5-13(18)6-8-14/h5-8H,2-4,9-12H2,1H3,(H2,19,20,21). The number of nitrogens with zero attached hydrogens (tertiary/aromatic N) is 4. The topological polar surface area (TPSA) is 67.1 Å². The summed E-state index contributed by atoms with van der Waals surface area (Å²) in [6.45, 7) is 2.45. The Labute approximate surface area is 151 Å². The zero-order valence-electron chi connectivity index (χ0n) is 14.3. The van der Waals surface area contributed by atoms with Gasteiger partial charge in [-0.15, -0.1) is 22.0 Å². The monoisotopic (exact) mass is 362 g/mol. The molecule has 0 radical (unpaired) electrons. The van der Waals surface area contributed by atoms with E-state index in [9.17, 15) is 4.39 Å². The minimum atomic E-state index is -0.195. The molecule has 0 fully saturated rings. The van der Waals surface area contributed by atoms with Gasteiger partial charge in [0.2, 0.25) is 0 Å². The van der Waals surface area contributed by atoms with Gasteiger partial charge >= 0.3 is 0 Å². The Balaban J connectivity index is 1.34. The summed E-state index contributed by atoms with van der Waals surface area (Å²) in [5.74, 6) is 3.58. The maximum absolute atomic E-state index is 12.9. The molecule has 25 heavy (non-hydrogen) atoms. The minimum Gasteiger partial charge on any atom is -0.356 e. The number of fused-ring (bicyclic) bond motifs is 1. The van der Waals surface area contributed by atoms with Crippen molar-refractivity contribution in [2.75, 3.05) is 19.3 Å². The number of aryl methyl sites for hydroxylation is 1. The van der Waals surface area contributed by atoms with E-state index in [1.807, 2.05) is 12.1 Å². The highest BCUT2D eigenvalue weighted by Crippen LogP contribution is 2.18. The van der Waals surface area contributed by atoms with Crippen molar-refractivity contribution in [3.63, 3.8) is 0 Å². The molecule has 1 aromatic heterocycles. The summed E-state index contributed by atoms with van der Waals surface area (Å²) in [5.41, 5.74) is 0. The number of aliphatic imine (C=N–C) groups is 1. The van der Waals surface area contributed by atoms with Gasteiger partial charge in [-0.05, 0) is 42.9 Å². The molecule has 0 saturated carbocycles. The molecule has 0 bridgehead atoms.